The molecule has 1 saturated carbocycles. The van der Waals surface area contributed by atoms with E-state index in [1.165, 1.54) is 43.4 Å². The number of aromatic nitrogens is 2. The summed E-state index contributed by atoms with van der Waals surface area (Å²) in [5.41, 5.74) is 8.85. The molecule has 3 N–H and O–H groups in total. The molecule has 35 heavy (non-hydrogen) atoms. The van der Waals surface area contributed by atoms with E-state index in [-0.39, 0.29) is 23.9 Å². The minimum Gasteiger partial charge on any atom is -0.496 e. The van der Waals surface area contributed by atoms with Gasteiger partial charge in [-0.05, 0) is 43.9 Å². The van der Waals surface area contributed by atoms with Crippen LogP contribution in [0.4, 0.5) is 0 Å². The first-order valence-corrected chi connectivity index (χ1v) is 13.1. The van der Waals surface area contributed by atoms with E-state index in [9.17, 15) is 14.7 Å². The van der Waals surface area contributed by atoms with Crippen LogP contribution < -0.4 is 10.5 Å². The third kappa shape index (κ3) is 5.59. The van der Waals surface area contributed by atoms with E-state index in [1.54, 1.807) is 13.2 Å². The molecule has 0 aliphatic heterocycles. The number of hydrogen-bond acceptors (Lipinski definition) is 5. The molecule has 1 unspecified atom stereocenters. The van der Waals surface area contributed by atoms with E-state index in [0.717, 1.165) is 34.1 Å². The SMILES string of the molecule is COc1ccccc1-c1nc(-c2cc(C(=O)O)c(C)n2C(CCC(N)=O)CC2CCCCC2)cs1. The summed E-state index contributed by atoms with van der Waals surface area (Å²) in [6.07, 6.45) is 7.80. The van der Waals surface area contributed by atoms with Gasteiger partial charge < -0.3 is 20.1 Å². The Bertz CT molecular complexity index is 1190. The smallest absolute Gasteiger partial charge is 0.337 e. The largest absolute Gasteiger partial charge is 0.496 e. The maximum Gasteiger partial charge on any atom is 0.337 e. The van der Waals surface area contributed by atoms with Crippen molar-refractivity contribution >= 4 is 23.2 Å². The van der Waals surface area contributed by atoms with Crippen LogP contribution >= 0.6 is 11.3 Å². The van der Waals surface area contributed by atoms with E-state index in [1.807, 2.05) is 36.6 Å². The lowest BCUT2D eigenvalue weighted by molar-refractivity contribution is -0.118. The number of rotatable bonds is 10. The Labute approximate surface area is 209 Å². The van der Waals surface area contributed by atoms with Gasteiger partial charge in [-0.15, -0.1) is 11.3 Å². The Morgan fingerprint density at radius 2 is 2.00 bits per heavy atom. The molecule has 0 radical (unpaired) electrons. The normalized spacial score (nSPS) is 15.1. The summed E-state index contributed by atoms with van der Waals surface area (Å²) < 4.78 is 7.61. The topological polar surface area (TPSA) is 107 Å². The van der Waals surface area contributed by atoms with Crippen LogP contribution in [-0.2, 0) is 4.79 Å². The van der Waals surface area contributed by atoms with Gasteiger partial charge in [-0.3, -0.25) is 4.79 Å². The zero-order valence-electron chi connectivity index (χ0n) is 20.3. The molecule has 186 valence electrons. The molecule has 4 rings (SSSR count). The predicted molar refractivity (Wildman–Crippen MR) is 138 cm³/mol. The lowest BCUT2D eigenvalue weighted by Gasteiger charge is -2.29. The molecule has 1 fully saturated rings. The molecule has 0 spiro atoms. The summed E-state index contributed by atoms with van der Waals surface area (Å²) >= 11 is 1.50. The van der Waals surface area contributed by atoms with Crippen LogP contribution in [0.2, 0.25) is 0 Å². The molecule has 8 heteroatoms. The number of primary amides is 1. The van der Waals surface area contributed by atoms with E-state index in [4.69, 9.17) is 15.5 Å². The Hall–Kier alpha value is -3.13. The van der Waals surface area contributed by atoms with Gasteiger partial charge in [0.2, 0.25) is 5.91 Å². The average Bonchev–Trinajstić information content (AvgIpc) is 3.47. The lowest BCUT2D eigenvalue weighted by atomic mass is 9.83. The number of thiazole rings is 1. The second-order valence-corrected chi connectivity index (χ2v) is 10.2. The van der Waals surface area contributed by atoms with Crippen molar-refractivity contribution in [3.05, 3.63) is 47.0 Å². The van der Waals surface area contributed by atoms with Crippen LogP contribution in [0, 0.1) is 12.8 Å². The highest BCUT2D eigenvalue weighted by molar-refractivity contribution is 7.13. The molecular formula is C27H33N3O4S. The van der Waals surface area contributed by atoms with Crippen LogP contribution in [0.15, 0.2) is 35.7 Å². The Morgan fingerprint density at radius 1 is 1.26 bits per heavy atom. The van der Waals surface area contributed by atoms with E-state index in [0.29, 0.717) is 18.0 Å². The highest BCUT2D eigenvalue weighted by Gasteiger charge is 2.28. The van der Waals surface area contributed by atoms with Gasteiger partial charge >= 0.3 is 5.97 Å². The maximum absolute atomic E-state index is 12.1. The summed E-state index contributed by atoms with van der Waals surface area (Å²) in [6.45, 7) is 1.85. The van der Waals surface area contributed by atoms with Crippen LogP contribution in [-0.4, -0.2) is 33.6 Å². The second kappa shape index (κ2) is 11.1. The second-order valence-electron chi connectivity index (χ2n) is 9.34. The molecule has 3 aromatic rings. The monoisotopic (exact) mass is 495 g/mol. The number of carbonyl (C=O) groups excluding carboxylic acids is 1. The fourth-order valence-corrected chi connectivity index (χ4v) is 6.15. The van der Waals surface area contributed by atoms with Crippen LogP contribution in [0.25, 0.3) is 22.0 Å². The van der Waals surface area contributed by atoms with Crippen LogP contribution in [0.1, 0.15) is 73.5 Å². The van der Waals surface area contributed by atoms with E-state index < -0.39 is 5.97 Å². The number of carbonyl (C=O) groups is 2. The van der Waals surface area contributed by atoms with Gasteiger partial charge in [0.1, 0.15) is 10.8 Å². The number of nitrogens with two attached hydrogens (primary N) is 1. The first-order valence-electron chi connectivity index (χ1n) is 12.2. The van der Waals surface area contributed by atoms with Gasteiger partial charge in [0.05, 0.1) is 29.6 Å². The minimum atomic E-state index is -0.964. The van der Waals surface area contributed by atoms with Crippen molar-refractivity contribution in [1.29, 1.82) is 0 Å². The quantitative estimate of drug-likeness (QED) is 0.355. The van der Waals surface area contributed by atoms with Gasteiger partial charge in [-0.25, -0.2) is 9.78 Å². The summed E-state index contributed by atoms with van der Waals surface area (Å²) in [4.78, 5) is 28.7. The molecule has 1 atom stereocenters. The number of amides is 1. The molecular weight excluding hydrogens is 462 g/mol. The number of carboxylic acid groups (broad SMARTS) is 1. The molecule has 0 bridgehead atoms. The average molecular weight is 496 g/mol. The standard InChI is InChI=1S/C27H33N3O4S/c1-17-21(27(32)33)15-23(22-16-35-26(29-22)20-10-6-7-11-24(20)34-2)30(17)19(12-13-25(28)31)14-18-8-4-3-5-9-18/h6-7,10-11,15-16,18-19H,3-5,8-9,12-14H2,1-2H3,(H2,28,31)(H,32,33). The van der Waals surface area contributed by atoms with Crippen molar-refractivity contribution in [2.45, 2.75) is 64.3 Å². The van der Waals surface area contributed by atoms with Crippen molar-refractivity contribution in [3.8, 4) is 27.7 Å². The van der Waals surface area contributed by atoms with Crippen molar-refractivity contribution in [3.63, 3.8) is 0 Å². The predicted octanol–water partition coefficient (Wildman–Crippen LogP) is 6.07. The Kier molecular flexibility index (Phi) is 7.90. The molecule has 1 amide bonds. The van der Waals surface area contributed by atoms with Gasteiger partial charge in [0.15, 0.2) is 0 Å². The maximum atomic E-state index is 12.1. The van der Waals surface area contributed by atoms with Gasteiger partial charge in [-0.1, -0.05) is 44.2 Å². The fourth-order valence-electron chi connectivity index (χ4n) is 5.31. The molecule has 7 nitrogen and oxygen atoms in total. The number of methoxy groups -OCH3 is 1. The Morgan fingerprint density at radius 3 is 2.69 bits per heavy atom. The number of para-hydroxylation sites is 1. The van der Waals surface area contributed by atoms with E-state index in [2.05, 4.69) is 4.57 Å². The van der Waals surface area contributed by atoms with Crippen LogP contribution in [0.5, 0.6) is 5.75 Å². The molecule has 2 heterocycles. The third-order valence-electron chi connectivity index (χ3n) is 7.05. The first-order chi connectivity index (χ1) is 16.9. The molecule has 0 saturated heterocycles. The number of ether oxygens (including phenoxy) is 1. The summed E-state index contributed by atoms with van der Waals surface area (Å²) in [5.74, 6) is -0.00321. The van der Waals surface area contributed by atoms with Crippen molar-refractivity contribution in [1.82, 2.24) is 9.55 Å². The van der Waals surface area contributed by atoms with Crippen molar-refractivity contribution in [2.24, 2.45) is 11.7 Å². The number of nitrogens with zero attached hydrogens (tertiary/aromatic N) is 2. The van der Waals surface area contributed by atoms with Crippen molar-refractivity contribution < 1.29 is 19.4 Å². The molecule has 1 aliphatic rings. The zero-order valence-corrected chi connectivity index (χ0v) is 21.1. The van der Waals surface area contributed by atoms with Gasteiger partial charge in [-0.2, -0.15) is 0 Å². The number of hydrogen-bond donors (Lipinski definition) is 2. The summed E-state index contributed by atoms with van der Waals surface area (Å²) in [5, 5.41) is 12.7. The fraction of sp³-hybridized carbons (Fsp3) is 0.444. The number of aromatic carboxylic acids is 1. The lowest BCUT2D eigenvalue weighted by Crippen LogP contribution is -2.21. The minimum absolute atomic E-state index is 0.0230. The molecule has 2 aromatic heterocycles. The molecule has 1 aromatic carbocycles. The third-order valence-corrected chi connectivity index (χ3v) is 7.92. The highest BCUT2D eigenvalue weighted by Crippen LogP contribution is 2.40. The van der Waals surface area contributed by atoms with Crippen LogP contribution in [0.3, 0.4) is 0 Å². The number of carboxylic acids is 1. The van der Waals surface area contributed by atoms with E-state index >= 15 is 0 Å². The Balaban J connectivity index is 1.77. The summed E-state index contributed by atoms with van der Waals surface area (Å²) in [6, 6.07) is 9.42. The summed E-state index contributed by atoms with van der Waals surface area (Å²) in [7, 11) is 1.63. The molecule has 1 aliphatic carbocycles. The van der Waals surface area contributed by atoms with Gasteiger partial charge in [0, 0.05) is 23.5 Å². The van der Waals surface area contributed by atoms with Gasteiger partial charge in [0.25, 0.3) is 0 Å². The first kappa shape index (κ1) is 25.0. The van der Waals surface area contributed by atoms with Crippen molar-refractivity contribution in [2.75, 3.05) is 7.11 Å². The zero-order chi connectivity index (χ0) is 24.9. The highest BCUT2D eigenvalue weighted by atomic mass is 32.1. The number of benzene rings is 1.